The van der Waals surface area contributed by atoms with Crippen LogP contribution in [0.5, 0.6) is 0 Å². The van der Waals surface area contributed by atoms with Gasteiger partial charge in [0.1, 0.15) is 11.6 Å². The number of hydrogen-bond donors (Lipinski definition) is 1. The Kier molecular flexibility index (Phi) is 5.45. The molecule has 24 heavy (non-hydrogen) atoms. The minimum atomic E-state index is -0.584. The third-order valence-electron chi connectivity index (χ3n) is 3.19. The van der Waals surface area contributed by atoms with Crippen LogP contribution < -0.4 is 5.32 Å². The van der Waals surface area contributed by atoms with Gasteiger partial charge in [-0.2, -0.15) is 5.26 Å². The summed E-state index contributed by atoms with van der Waals surface area (Å²) in [5.41, 5.74) is 1.24. The van der Waals surface area contributed by atoms with E-state index in [0.29, 0.717) is 16.8 Å². The molecule has 0 saturated heterocycles. The highest BCUT2D eigenvalue weighted by atomic mass is 79.9. The van der Waals surface area contributed by atoms with E-state index in [4.69, 9.17) is 0 Å². The lowest BCUT2D eigenvalue weighted by molar-refractivity contribution is -0.385. The molecule has 0 atom stereocenters. The van der Waals surface area contributed by atoms with Crippen molar-refractivity contribution in [3.63, 3.8) is 0 Å². The molecule has 6 nitrogen and oxygen atoms in total. The number of nitro benzene ring substituents is 1. The SMILES string of the molecule is Cc1ccc(C=C(C#N)C(=O)Nc2cccc(Br)c2)cc1[N+](=O)[O-]. The fraction of sp³-hybridized carbons (Fsp3) is 0.0588. The molecule has 0 spiro atoms. The van der Waals surface area contributed by atoms with E-state index in [-0.39, 0.29) is 11.3 Å². The van der Waals surface area contributed by atoms with Crippen LogP contribution in [0.3, 0.4) is 0 Å². The molecule has 0 heterocycles. The fourth-order valence-corrected chi connectivity index (χ4v) is 2.39. The van der Waals surface area contributed by atoms with Crippen LogP contribution in [0.4, 0.5) is 11.4 Å². The second-order valence-electron chi connectivity index (χ2n) is 4.94. The van der Waals surface area contributed by atoms with Crippen LogP contribution in [-0.2, 0) is 4.79 Å². The summed E-state index contributed by atoms with van der Waals surface area (Å²) in [5.74, 6) is -0.584. The molecule has 0 aliphatic rings. The van der Waals surface area contributed by atoms with Gasteiger partial charge in [-0.05, 0) is 36.8 Å². The number of nitriles is 1. The molecule has 0 aliphatic carbocycles. The van der Waals surface area contributed by atoms with Gasteiger partial charge in [0, 0.05) is 21.8 Å². The van der Waals surface area contributed by atoms with Crippen LogP contribution >= 0.6 is 15.9 Å². The first-order valence-electron chi connectivity index (χ1n) is 6.84. The first-order valence-corrected chi connectivity index (χ1v) is 7.64. The zero-order valence-corrected chi connectivity index (χ0v) is 14.2. The Morgan fingerprint density at radius 2 is 2.08 bits per heavy atom. The Bertz CT molecular complexity index is 885. The molecular formula is C17H12BrN3O3. The van der Waals surface area contributed by atoms with Gasteiger partial charge in [0.15, 0.2) is 0 Å². The largest absolute Gasteiger partial charge is 0.321 e. The molecule has 0 fully saturated rings. The minimum absolute atomic E-state index is 0.0616. The number of rotatable bonds is 4. The van der Waals surface area contributed by atoms with Gasteiger partial charge in [-0.3, -0.25) is 14.9 Å². The van der Waals surface area contributed by atoms with Gasteiger partial charge in [-0.15, -0.1) is 0 Å². The quantitative estimate of drug-likeness (QED) is 0.368. The standard InChI is InChI=1S/C17H12BrN3O3/c1-11-5-6-12(8-16(11)21(23)24)7-13(10-19)17(22)20-15-4-2-3-14(18)9-15/h2-9H,1H3,(H,20,22). The van der Waals surface area contributed by atoms with E-state index in [9.17, 15) is 20.2 Å². The van der Waals surface area contributed by atoms with E-state index in [0.717, 1.165) is 4.47 Å². The van der Waals surface area contributed by atoms with Crippen molar-refractivity contribution in [1.82, 2.24) is 0 Å². The molecule has 2 aromatic rings. The second-order valence-corrected chi connectivity index (χ2v) is 5.85. The normalized spacial score (nSPS) is 10.8. The molecular weight excluding hydrogens is 374 g/mol. The average Bonchev–Trinajstić information content (AvgIpc) is 2.53. The number of nitrogens with one attached hydrogen (secondary N) is 1. The van der Waals surface area contributed by atoms with Gasteiger partial charge in [0.2, 0.25) is 0 Å². The van der Waals surface area contributed by atoms with E-state index in [1.807, 2.05) is 12.1 Å². The van der Waals surface area contributed by atoms with Gasteiger partial charge in [0.25, 0.3) is 11.6 Å². The molecule has 0 radical (unpaired) electrons. The number of nitrogens with zero attached hydrogens (tertiary/aromatic N) is 2. The minimum Gasteiger partial charge on any atom is -0.321 e. The third-order valence-corrected chi connectivity index (χ3v) is 3.68. The van der Waals surface area contributed by atoms with Crippen molar-refractivity contribution in [1.29, 1.82) is 5.26 Å². The summed E-state index contributed by atoms with van der Waals surface area (Å²) in [6.07, 6.45) is 1.32. The lowest BCUT2D eigenvalue weighted by atomic mass is 10.1. The average molecular weight is 386 g/mol. The van der Waals surface area contributed by atoms with Crippen LogP contribution in [0.1, 0.15) is 11.1 Å². The van der Waals surface area contributed by atoms with Crippen LogP contribution in [0.25, 0.3) is 6.08 Å². The summed E-state index contributed by atoms with van der Waals surface area (Å²) in [6, 6.07) is 13.3. The maximum Gasteiger partial charge on any atom is 0.272 e. The highest BCUT2D eigenvalue weighted by Crippen LogP contribution is 2.21. The molecule has 1 N–H and O–H groups in total. The Labute approximate surface area is 146 Å². The van der Waals surface area contributed by atoms with E-state index < -0.39 is 10.8 Å². The third kappa shape index (κ3) is 4.27. The number of anilines is 1. The summed E-state index contributed by atoms with van der Waals surface area (Å²) >= 11 is 3.29. The molecule has 0 bridgehead atoms. The molecule has 0 saturated carbocycles. The number of carbonyl (C=O) groups is 1. The van der Waals surface area contributed by atoms with Crippen molar-refractivity contribution in [3.05, 3.63) is 73.8 Å². The molecule has 2 aromatic carbocycles. The number of halogens is 1. The van der Waals surface area contributed by atoms with Crippen molar-refractivity contribution in [2.45, 2.75) is 6.92 Å². The highest BCUT2D eigenvalue weighted by Gasteiger charge is 2.13. The summed E-state index contributed by atoms with van der Waals surface area (Å²) in [7, 11) is 0. The maximum absolute atomic E-state index is 12.2. The smallest absolute Gasteiger partial charge is 0.272 e. The molecule has 0 aromatic heterocycles. The van der Waals surface area contributed by atoms with Gasteiger partial charge in [-0.25, -0.2) is 0 Å². The van der Waals surface area contributed by atoms with Gasteiger partial charge in [0.05, 0.1) is 4.92 Å². The van der Waals surface area contributed by atoms with E-state index in [1.165, 1.54) is 12.1 Å². The van der Waals surface area contributed by atoms with Crippen molar-refractivity contribution in [2.75, 3.05) is 5.32 Å². The highest BCUT2D eigenvalue weighted by molar-refractivity contribution is 9.10. The number of carbonyl (C=O) groups excluding carboxylic acids is 1. The molecule has 0 unspecified atom stereocenters. The molecule has 7 heteroatoms. The van der Waals surface area contributed by atoms with Gasteiger partial charge < -0.3 is 5.32 Å². The van der Waals surface area contributed by atoms with Crippen molar-refractivity contribution in [3.8, 4) is 6.07 Å². The number of benzene rings is 2. The predicted molar refractivity (Wildman–Crippen MR) is 94.2 cm³/mol. The first kappa shape index (κ1) is 17.4. The lowest BCUT2D eigenvalue weighted by Gasteiger charge is -2.05. The monoisotopic (exact) mass is 385 g/mol. The molecule has 1 amide bonds. The Morgan fingerprint density at radius 1 is 1.33 bits per heavy atom. The maximum atomic E-state index is 12.2. The lowest BCUT2D eigenvalue weighted by Crippen LogP contribution is -2.13. The fourth-order valence-electron chi connectivity index (χ4n) is 1.99. The molecule has 2 rings (SSSR count). The number of amides is 1. The van der Waals surface area contributed by atoms with Crippen LogP contribution in [0.2, 0.25) is 0 Å². The number of hydrogen-bond acceptors (Lipinski definition) is 4. The van der Waals surface area contributed by atoms with Crippen molar-refractivity contribution in [2.24, 2.45) is 0 Å². The van der Waals surface area contributed by atoms with Gasteiger partial charge in [-0.1, -0.05) is 34.1 Å². The van der Waals surface area contributed by atoms with E-state index >= 15 is 0 Å². The summed E-state index contributed by atoms with van der Waals surface area (Å²) in [5, 5.41) is 22.8. The summed E-state index contributed by atoms with van der Waals surface area (Å²) in [4.78, 5) is 22.7. The zero-order chi connectivity index (χ0) is 17.7. The first-order chi connectivity index (χ1) is 11.4. The van der Waals surface area contributed by atoms with Gasteiger partial charge >= 0.3 is 0 Å². The van der Waals surface area contributed by atoms with Crippen LogP contribution in [-0.4, -0.2) is 10.8 Å². The van der Waals surface area contributed by atoms with Crippen LogP contribution in [0.15, 0.2) is 52.5 Å². The van der Waals surface area contributed by atoms with Crippen LogP contribution in [0, 0.1) is 28.4 Å². The number of aryl methyl sites for hydroxylation is 1. The topological polar surface area (TPSA) is 96.0 Å². The second kappa shape index (κ2) is 7.53. The predicted octanol–water partition coefficient (Wildman–Crippen LogP) is 4.21. The zero-order valence-electron chi connectivity index (χ0n) is 12.6. The van der Waals surface area contributed by atoms with Crippen molar-refractivity contribution >= 4 is 39.3 Å². The summed E-state index contributed by atoms with van der Waals surface area (Å²) < 4.78 is 0.789. The molecule has 0 aliphatic heterocycles. The number of nitro groups is 1. The Hall–Kier alpha value is -2.98. The van der Waals surface area contributed by atoms with Crippen molar-refractivity contribution < 1.29 is 9.72 Å². The van der Waals surface area contributed by atoms with E-state index in [1.54, 1.807) is 37.3 Å². The summed E-state index contributed by atoms with van der Waals surface area (Å²) in [6.45, 7) is 1.62. The van der Waals surface area contributed by atoms with E-state index in [2.05, 4.69) is 21.2 Å². The Morgan fingerprint density at radius 3 is 2.71 bits per heavy atom. The molecule has 120 valence electrons. The Balaban J connectivity index is 2.29.